The van der Waals surface area contributed by atoms with Gasteiger partial charge in [-0.05, 0) is 36.5 Å². The minimum atomic E-state index is -0.209. The van der Waals surface area contributed by atoms with Crippen molar-refractivity contribution < 1.29 is 15.0 Å². The number of aromatic hydroxyl groups is 2. The van der Waals surface area contributed by atoms with Gasteiger partial charge < -0.3 is 15.1 Å². The first kappa shape index (κ1) is 12.7. The number of hydrogen-bond donors (Lipinski definition) is 2. The van der Waals surface area contributed by atoms with Crippen molar-refractivity contribution in [1.29, 1.82) is 0 Å². The van der Waals surface area contributed by atoms with Crippen LogP contribution in [0, 0.1) is 5.41 Å². The van der Waals surface area contributed by atoms with Crippen molar-refractivity contribution >= 4 is 5.91 Å². The summed E-state index contributed by atoms with van der Waals surface area (Å²) >= 11 is 0. The zero-order valence-corrected chi connectivity index (χ0v) is 10.8. The van der Waals surface area contributed by atoms with Crippen molar-refractivity contribution in [3.63, 3.8) is 0 Å². The molecule has 4 nitrogen and oxygen atoms in total. The molecular weight excluding hydrogens is 230 g/mol. The topological polar surface area (TPSA) is 60.8 Å². The average molecular weight is 249 g/mol. The summed E-state index contributed by atoms with van der Waals surface area (Å²) in [7, 11) is 0. The molecule has 0 spiro atoms. The number of piperidine rings is 1. The molecule has 1 aliphatic rings. The lowest BCUT2D eigenvalue weighted by Gasteiger charge is -2.37. The number of carbonyl (C=O) groups is 1. The Balaban J connectivity index is 2.15. The van der Waals surface area contributed by atoms with E-state index in [0.29, 0.717) is 13.1 Å². The molecular formula is C14H19NO3. The molecule has 0 atom stereocenters. The van der Waals surface area contributed by atoms with Crippen LogP contribution in [0.2, 0.25) is 0 Å². The number of nitrogens with zero attached hydrogens (tertiary/aromatic N) is 1. The summed E-state index contributed by atoms with van der Waals surface area (Å²) in [5.74, 6) is -0.296. The van der Waals surface area contributed by atoms with E-state index in [2.05, 4.69) is 13.8 Å². The predicted octanol–water partition coefficient (Wildman–Crippen LogP) is 2.36. The van der Waals surface area contributed by atoms with Gasteiger partial charge in [-0.1, -0.05) is 13.8 Å². The summed E-state index contributed by atoms with van der Waals surface area (Å²) in [6, 6.07) is 4.03. The molecule has 0 radical (unpaired) electrons. The Hall–Kier alpha value is -1.71. The van der Waals surface area contributed by atoms with Gasteiger partial charge in [-0.25, -0.2) is 0 Å². The van der Waals surface area contributed by atoms with Crippen LogP contribution in [0.5, 0.6) is 11.5 Å². The first-order chi connectivity index (χ1) is 8.39. The second-order valence-electron chi connectivity index (χ2n) is 5.66. The van der Waals surface area contributed by atoms with Crippen LogP contribution < -0.4 is 0 Å². The fourth-order valence-corrected chi connectivity index (χ4v) is 2.18. The van der Waals surface area contributed by atoms with E-state index in [-0.39, 0.29) is 28.4 Å². The molecule has 1 saturated heterocycles. The predicted molar refractivity (Wildman–Crippen MR) is 68.7 cm³/mol. The molecule has 2 N–H and O–H groups in total. The van der Waals surface area contributed by atoms with Crippen molar-refractivity contribution in [1.82, 2.24) is 4.90 Å². The third kappa shape index (κ3) is 2.58. The van der Waals surface area contributed by atoms with Gasteiger partial charge in [0.05, 0.1) is 5.56 Å². The highest BCUT2D eigenvalue weighted by atomic mass is 16.3. The second-order valence-corrected chi connectivity index (χ2v) is 5.66. The molecule has 1 aromatic carbocycles. The number of carbonyl (C=O) groups excluding carboxylic acids is 1. The molecule has 1 heterocycles. The summed E-state index contributed by atoms with van der Waals surface area (Å²) in [6.45, 7) is 5.78. The molecule has 4 heteroatoms. The highest BCUT2D eigenvalue weighted by molar-refractivity contribution is 5.97. The van der Waals surface area contributed by atoms with Gasteiger partial charge in [-0.2, -0.15) is 0 Å². The average Bonchev–Trinajstić information content (AvgIpc) is 2.31. The lowest BCUT2D eigenvalue weighted by Crippen LogP contribution is -2.41. The summed E-state index contributed by atoms with van der Waals surface area (Å²) in [5.41, 5.74) is 0.451. The van der Waals surface area contributed by atoms with Crippen LogP contribution in [0.4, 0.5) is 0 Å². The van der Waals surface area contributed by atoms with Gasteiger partial charge in [-0.3, -0.25) is 4.79 Å². The van der Waals surface area contributed by atoms with Gasteiger partial charge >= 0.3 is 0 Å². The second kappa shape index (κ2) is 4.52. The first-order valence-electron chi connectivity index (χ1n) is 6.20. The van der Waals surface area contributed by atoms with Crippen molar-refractivity contribution in [3.8, 4) is 11.5 Å². The number of likely N-dealkylation sites (tertiary alicyclic amines) is 1. The van der Waals surface area contributed by atoms with Crippen LogP contribution in [-0.2, 0) is 0 Å². The fraction of sp³-hybridized carbons (Fsp3) is 0.500. The third-order valence-electron chi connectivity index (χ3n) is 3.61. The molecule has 0 aliphatic carbocycles. The van der Waals surface area contributed by atoms with E-state index < -0.39 is 0 Å². The van der Waals surface area contributed by atoms with E-state index in [1.165, 1.54) is 18.2 Å². The standard InChI is InChI=1S/C14H19NO3/c1-14(2)5-7-15(8-6-14)13(18)11-9-10(16)3-4-12(11)17/h3-4,9,16-17H,5-8H2,1-2H3. The molecule has 0 bridgehead atoms. The van der Waals surface area contributed by atoms with Gasteiger partial charge in [0.25, 0.3) is 5.91 Å². The van der Waals surface area contributed by atoms with Gasteiger partial charge in [-0.15, -0.1) is 0 Å². The highest BCUT2D eigenvalue weighted by Crippen LogP contribution is 2.31. The van der Waals surface area contributed by atoms with Crippen molar-refractivity contribution in [2.45, 2.75) is 26.7 Å². The number of rotatable bonds is 1. The maximum atomic E-state index is 12.2. The van der Waals surface area contributed by atoms with E-state index in [9.17, 15) is 15.0 Å². The number of hydrogen-bond acceptors (Lipinski definition) is 3. The van der Waals surface area contributed by atoms with Gasteiger partial charge in [0.1, 0.15) is 11.5 Å². The van der Waals surface area contributed by atoms with Crippen LogP contribution >= 0.6 is 0 Å². The van der Waals surface area contributed by atoms with Gasteiger partial charge in [0.2, 0.25) is 0 Å². The van der Waals surface area contributed by atoms with Crippen LogP contribution in [0.15, 0.2) is 18.2 Å². The van der Waals surface area contributed by atoms with Crippen molar-refractivity contribution in [2.75, 3.05) is 13.1 Å². The van der Waals surface area contributed by atoms with E-state index in [4.69, 9.17) is 0 Å². The van der Waals surface area contributed by atoms with Crippen molar-refractivity contribution in [2.24, 2.45) is 5.41 Å². The molecule has 18 heavy (non-hydrogen) atoms. The minimum Gasteiger partial charge on any atom is -0.508 e. The Morgan fingerprint density at radius 3 is 2.44 bits per heavy atom. The van der Waals surface area contributed by atoms with Crippen molar-refractivity contribution in [3.05, 3.63) is 23.8 Å². The minimum absolute atomic E-state index is 0.00603. The van der Waals surface area contributed by atoms with Crippen LogP contribution in [-0.4, -0.2) is 34.1 Å². The first-order valence-corrected chi connectivity index (χ1v) is 6.20. The smallest absolute Gasteiger partial charge is 0.257 e. The van der Waals surface area contributed by atoms with Crippen LogP contribution in [0.3, 0.4) is 0 Å². The quantitative estimate of drug-likeness (QED) is 0.751. The van der Waals surface area contributed by atoms with E-state index in [1.54, 1.807) is 4.90 Å². The summed E-state index contributed by atoms with van der Waals surface area (Å²) in [5, 5.41) is 19.1. The summed E-state index contributed by atoms with van der Waals surface area (Å²) in [4.78, 5) is 14.0. The molecule has 1 fully saturated rings. The lowest BCUT2D eigenvalue weighted by molar-refractivity contribution is 0.0627. The molecule has 0 unspecified atom stereocenters. The number of phenolic OH excluding ortho intramolecular Hbond substituents is 2. The largest absolute Gasteiger partial charge is 0.508 e. The Bertz CT molecular complexity index is 458. The zero-order valence-electron chi connectivity index (χ0n) is 10.8. The fourth-order valence-electron chi connectivity index (χ4n) is 2.18. The summed E-state index contributed by atoms with van der Waals surface area (Å²) < 4.78 is 0. The van der Waals surface area contributed by atoms with Crippen LogP contribution in [0.1, 0.15) is 37.0 Å². The number of phenols is 2. The lowest BCUT2D eigenvalue weighted by atomic mass is 9.82. The Morgan fingerprint density at radius 2 is 1.83 bits per heavy atom. The maximum Gasteiger partial charge on any atom is 0.257 e. The molecule has 0 aromatic heterocycles. The third-order valence-corrected chi connectivity index (χ3v) is 3.61. The molecule has 0 saturated carbocycles. The zero-order chi connectivity index (χ0) is 13.3. The van der Waals surface area contributed by atoms with E-state index >= 15 is 0 Å². The SMILES string of the molecule is CC1(C)CCN(C(=O)c2cc(O)ccc2O)CC1. The van der Waals surface area contributed by atoms with Gasteiger partial charge in [0, 0.05) is 13.1 Å². The Morgan fingerprint density at radius 1 is 1.22 bits per heavy atom. The molecule has 1 aliphatic heterocycles. The van der Waals surface area contributed by atoms with Crippen LogP contribution in [0.25, 0.3) is 0 Å². The molecule has 2 rings (SSSR count). The summed E-state index contributed by atoms with van der Waals surface area (Å²) in [6.07, 6.45) is 1.91. The van der Waals surface area contributed by atoms with Gasteiger partial charge in [0.15, 0.2) is 0 Å². The van der Waals surface area contributed by atoms with E-state index in [1.807, 2.05) is 0 Å². The maximum absolute atomic E-state index is 12.2. The molecule has 1 amide bonds. The molecule has 1 aromatic rings. The number of benzene rings is 1. The van der Waals surface area contributed by atoms with E-state index in [0.717, 1.165) is 12.8 Å². The Kier molecular flexibility index (Phi) is 3.20. The monoisotopic (exact) mass is 249 g/mol. The highest BCUT2D eigenvalue weighted by Gasteiger charge is 2.29. The normalized spacial score (nSPS) is 18.7. The molecule has 98 valence electrons. The number of amides is 1. The Labute approximate surface area is 107 Å².